The Morgan fingerprint density at radius 1 is 0.375 bits per heavy atom. The summed E-state index contributed by atoms with van der Waals surface area (Å²) < 4.78 is -0.750. The molecule has 0 fully saturated rings. The van der Waals surface area contributed by atoms with Crippen LogP contribution < -0.4 is 0 Å². The Bertz CT molecular complexity index is 2500. The van der Waals surface area contributed by atoms with Crippen molar-refractivity contribution in [3.63, 3.8) is 0 Å². The summed E-state index contributed by atoms with van der Waals surface area (Å²) in [5, 5.41) is 2.70. The number of rotatable bonds is 7. The van der Waals surface area contributed by atoms with E-state index in [9.17, 15) is 0 Å². The number of fused-ring (bicyclic) bond motifs is 3. The van der Waals surface area contributed by atoms with Gasteiger partial charge in [0.2, 0.25) is 1.44 Å². The lowest BCUT2D eigenvalue weighted by molar-refractivity contribution is 1.15. The third-order valence-electron chi connectivity index (χ3n) is 10.7. The van der Waals surface area contributed by atoms with Gasteiger partial charge in [-0.3, -0.25) is 0 Å². The van der Waals surface area contributed by atoms with Gasteiger partial charge in [-0.05, 0) is 108 Å². The van der Waals surface area contributed by atoms with E-state index in [4.69, 9.17) is 0 Å². The molecule has 9 rings (SSSR count). The summed E-state index contributed by atoms with van der Waals surface area (Å²) in [4.78, 5) is 0. The maximum atomic E-state index is 3.19. The highest BCUT2D eigenvalue weighted by Crippen LogP contribution is 2.62. The van der Waals surface area contributed by atoms with Crippen LogP contribution in [0.5, 0.6) is 0 Å². The maximum Gasteiger partial charge on any atom is 0.246 e. The Kier molecular flexibility index (Phi) is 11.6. The van der Waals surface area contributed by atoms with Crippen molar-refractivity contribution in [3.05, 3.63) is 187 Å². The molecule has 0 heterocycles. The number of hydrogen-bond acceptors (Lipinski definition) is 0. The molecule has 274 valence electrons. The molecule has 1 aliphatic carbocycles. The molecule has 5 heteroatoms. The highest BCUT2D eigenvalue weighted by Gasteiger charge is 2.38. The lowest BCUT2D eigenvalue weighted by Crippen LogP contribution is -1.94. The first-order chi connectivity index (χ1) is 27.3. The molecule has 0 N–H and O–H groups in total. The molecule has 0 atom stereocenters. The van der Waals surface area contributed by atoms with Gasteiger partial charge in [-0.25, -0.2) is 0 Å². The van der Waals surface area contributed by atoms with Gasteiger partial charge in [-0.2, -0.15) is 0 Å². The standard InChI is InChI=1S/C51H39.BBr4/c1-3-34-30-32-41-33-31-35(4-2)43-47(41)42(34)50-48(39-26-16-8-17-27-39)45(37-22-12-6-13-23-37)44(36-20-10-5-11-21-36)46(38-24-14-7-15-25-38)49(51(43)50)40-28-18-9-19-29-40;2-1(3,4)5/h5-33H,3-4H2,1-2H3;/q+1;-1. The van der Waals surface area contributed by atoms with Crippen molar-refractivity contribution < 1.29 is 0 Å². The van der Waals surface area contributed by atoms with Crippen molar-refractivity contribution in [1.82, 2.24) is 0 Å². The van der Waals surface area contributed by atoms with E-state index in [0.717, 1.165) is 12.8 Å². The third kappa shape index (κ3) is 7.52. The zero-order valence-corrected chi connectivity index (χ0v) is 37.6. The Balaban J connectivity index is 0.000000831. The Morgan fingerprint density at radius 2 is 0.696 bits per heavy atom. The maximum absolute atomic E-state index is 3.19. The van der Waals surface area contributed by atoms with E-state index < -0.39 is 1.44 Å². The second-order valence-electron chi connectivity index (χ2n) is 14.0. The minimum Gasteiger partial charge on any atom is -0.311 e. The van der Waals surface area contributed by atoms with Gasteiger partial charge in [0.15, 0.2) is 0 Å². The fraction of sp³-hybridized carbons (Fsp3) is 0.0784. The van der Waals surface area contributed by atoms with Crippen LogP contribution in [0.4, 0.5) is 0 Å². The van der Waals surface area contributed by atoms with E-state index in [1.165, 1.54) is 99.8 Å². The highest BCUT2D eigenvalue weighted by molar-refractivity contribution is 9.90. The van der Waals surface area contributed by atoms with Gasteiger partial charge in [-0.15, -0.1) is 0 Å². The van der Waals surface area contributed by atoms with Crippen molar-refractivity contribution >= 4 is 75.2 Å². The second kappa shape index (κ2) is 16.8. The Morgan fingerprint density at radius 3 is 1.04 bits per heavy atom. The first kappa shape index (κ1) is 38.7. The molecule has 0 aliphatic heterocycles. The molecule has 8 aromatic carbocycles. The van der Waals surface area contributed by atoms with E-state index in [2.05, 4.69) is 253 Å². The monoisotopic (exact) mass is 978 g/mol. The summed E-state index contributed by atoms with van der Waals surface area (Å²) in [5.74, 6) is 0. The van der Waals surface area contributed by atoms with E-state index in [1.54, 1.807) is 0 Å². The summed E-state index contributed by atoms with van der Waals surface area (Å²) in [6.07, 6.45) is 1.90. The van der Waals surface area contributed by atoms with Crippen LogP contribution in [0.25, 0.3) is 88.7 Å². The van der Waals surface area contributed by atoms with Gasteiger partial charge in [0.25, 0.3) is 0 Å². The zero-order chi connectivity index (χ0) is 38.8. The molecule has 0 saturated heterocycles. The average molecular weight is 982 g/mol. The minimum atomic E-state index is -0.750. The quantitative estimate of drug-likeness (QED) is 0.110. The van der Waals surface area contributed by atoms with Crippen molar-refractivity contribution in [3.8, 4) is 77.9 Å². The van der Waals surface area contributed by atoms with Gasteiger partial charge in [0.05, 0.1) is 22.3 Å². The predicted octanol–water partition coefficient (Wildman–Crippen LogP) is 17.2. The predicted molar refractivity (Wildman–Crippen MR) is 260 cm³/mol. The van der Waals surface area contributed by atoms with Crippen molar-refractivity contribution in [2.75, 3.05) is 0 Å². The lowest BCUT2D eigenvalue weighted by atomic mass is 9.82. The highest BCUT2D eigenvalue weighted by atomic mass is 80.0. The van der Waals surface area contributed by atoms with Gasteiger partial charge in [-0.1, -0.05) is 117 Å². The molecule has 0 radical (unpaired) electrons. The van der Waals surface area contributed by atoms with Crippen LogP contribution in [0.15, 0.2) is 176 Å². The molecule has 0 unspecified atom stereocenters. The van der Waals surface area contributed by atoms with Crippen molar-refractivity contribution in [2.45, 2.75) is 26.7 Å². The van der Waals surface area contributed by atoms with Crippen LogP contribution in [0.2, 0.25) is 0 Å². The molecule has 0 spiro atoms. The average Bonchev–Trinajstić information content (AvgIpc) is 3.50. The largest absolute Gasteiger partial charge is 0.311 e. The van der Waals surface area contributed by atoms with Gasteiger partial charge in [0.1, 0.15) is 0 Å². The smallest absolute Gasteiger partial charge is 0.246 e. The van der Waals surface area contributed by atoms with Crippen molar-refractivity contribution in [1.29, 1.82) is 0 Å². The summed E-state index contributed by atoms with van der Waals surface area (Å²) >= 11 is 12.8. The van der Waals surface area contributed by atoms with Crippen LogP contribution >= 0.6 is 63.0 Å². The molecule has 0 saturated carbocycles. The first-order valence-electron chi connectivity index (χ1n) is 19.1. The van der Waals surface area contributed by atoms with E-state index in [1.807, 2.05) is 0 Å². The lowest BCUT2D eigenvalue weighted by Gasteiger charge is -2.16. The van der Waals surface area contributed by atoms with Crippen LogP contribution in [-0.2, 0) is 12.8 Å². The summed E-state index contributed by atoms with van der Waals surface area (Å²) in [6.45, 7) is 4.62. The van der Waals surface area contributed by atoms with Gasteiger partial charge < -0.3 is 63.0 Å². The number of aryl methyl sites for hydroxylation is 2. The number of hydrogen-bond donors (Lipinski definition) is 0. The number of halogens is 4. The van der Waals surface area contributed by atoms with Crippen molar-refractivity contribution in [2.24, 2.45) is 0 Å². The second-order valence-corrected chi connectivity index (χ2v) is 26.8. The third-order valence-corrected chi connectivity index (χ3v) is 10.7. The molecule has 8 aromatic rings. The topological polar surface area (TPSA) is 0 Å². The SMILES string of the molecule is Br[B-](Br)(Br)Br.CCc1ccc2ccc(CC)c3c2c1-c1c-3c(-c2ccccc2)c(-c2ccccc2)[c+](-c2ccccc2)c(-c2ccccc2)c1-c1ccccc1. The van der Waals surface area contributed by atoms with E-state index in [-0.39, 0.29) is 0 Å². The molecular formula is C51H39BBr4. The molecule has 0 aromatic heterocycles. The van der Waals surface area contributed by atoms with E-state index in [0.29, 0.717) is 0 Å². The molecule has 0 nitrogen and oxygen atoms in total. The van der Waals surface area contributed by atoms with Gasteiger partial charge in [0, 0.05) is 55.6 Å². The molecule has 0 bridgehead atoms. The van der Waals surface area contributed by atoms with Crippen LogP contribution in [0.3, 0.4) is 0 Å². The van der Waals surface area contributed by atoms with Crippen LogP contribution in [0.1, 0.15) is 25.0 Å². The first-order valence-corrected chi connectivity index (χ1v) is 22.8. The Labute approximate surface area is 363 Å². The van der Waals surface area contributed by atoms with Gasteiger partial charge >= 0.3 is 0 Å². The molecule has 0 amide bonds. The summed E-state index contributed by atoms with van der Waals surface area (Å²) in [7, 11) is 0. The van der Waals surface area contributed by atoms with Crippen LogP contribution in [0, 0.1) is 0 Å². The molecule has 56 heavy (non-hydrogen) atoms. The normalized spacial score (nSPS) is 11.5. The van der Waals surface area contributed by atoms with E-state index >= 15 is 0 Å². The van der Waals surface area contributed by atoms with Crippen LogP contribution in [-0.4, -0.2) is 1.44 Å². The molecule has 1 aliphatic rings. The fourth-order valence-electron chi connectivity index (χ4n) is 8.51. The Hall–Kier alpha value is -4.13. The summed E-state index contributed by atoms with van der Waals surface area (Å²) in [6, 6.07) is 65.1. The molecular weight excluding hydrogens is 943 g/mol. The fourth-order valence-corrected chi connectivity index (χ4v) is 8.51. The number of benzene rings is 7. The zero-order valence-electron chi connectivity index (χ0n) is 31.2. The minimum absolute atomic E-state index is 0.750. The summed E-state index contributed by atoms with van der Waals surface area (Å²) in [5.41, 5.74) is 20.7.